The summed E-state index contributed by atoms with van der Waals surface area (Å²) in [6.07, 6.45) is 1.36. The molecule has 138 valence electrons. The Balaban J connectivity index is 2.07. The second-order valence-electron chi connectivity index (χ2n) is 5.61. The first kappa shape index (κ1) is 17.8. The smallest absolute Gasteiger partial charge is 0.290 e. The van der Waals surface area contributed by atoms with Crippen LogP contribution >= 0.6 is 0 Å². The largest absolute Gasteiger partial charge is 0.497 e. The van der Waals surface area contributed by atoms with Gasteiger partial charge in [0, 0.05) is 31.4 Å². The minimum atomic E-state index is -3.93. The van der Waals surface area contributed by atoms with Gasteiger partial charge in [-0.15, -0.1) is 0 Å². The van der Waals surface area contributed by atoms with E-state index in [0.717, 1.165) is 0 Å². The maximum absolute atomic E-state index is 12.7. The maximum atomic E-state index is 12.7. The number of fused-ring (bicyclic) bond motifs is 1. The lowest BCUT2D eigenvalue weighted by molar-refractivity contribution is 0.395. The standard InChI is InChI=1S/C16H18N4O5S/c1-10-17-19(2)16(21)15-8-14(9-20(10)15)26(22,23)18-11-5-12(24-3)7-13(6-11)25-4/h5-9,18H,1-4H3. The summed E-state index contributed by atoms with van der Waals surface area (Å²) < 4.78 is 40.8. The number of methoxy groups -OCH3 is 2. The highest BCUT2D eigenvalue weighted by Gasteiger charge is 2.20. The van der Waals surface area contributed by atoms with Gasteiger partial charge in [0.05, 0.1) is 19.9 Å². The van der Waals surface area contributed by atoms with Crippen LogP contribution in [0.25, 0.3) is 5.52 Å². The van der Waals surface area contributed by atoms with Gasteiger partial charge in [0.25, 0.3) is 15.6 Å². The van der Waals surface area contributed by atoms with Crippen LogP contribution in [0.5, 0.6) is 11.5 Å². The Bertz CT molecular complexity index is 1130. The molecule has 3 aromatic rings. The van der Waals surface area contributed by atoms with Crippen LogP contribution in [-0.2, 0) is 17.1 Å². The molecule has 0 spiro atoms. The van der Waals surface area contributed by atoms with Crippen LogP contribution in [0.1, 0.15) is 5.82 Å². The number of aromatic nitrogens is 3. The van der Waals surface area contributed by atoms with E-state index in [-0.39, 0.29) is 21.7 Å². The summed E-state index contributed by atoms with van der Waals surface area (Å²) in [4.78, 5) is 12.1. The molecule has 0 aliphatic carbocycles. The monoisotopic (exact) mass is 378 g/mol. The summed E-state index contributed by atoms with van der Waals surface area (Å²) in [5, 5.41) is 4.04. The number of anilines is 1. The molecule has 2 aromatic heterocycles. The average Bonchev–Trinajstić information content (AvgIpc) is 3.06. The highest BCUT2D eigenvalue weighted by molar-refractivity contribution is 7.92. The number of nitrogens with one attached hydrogen (secondary N) is 1. The summed E-state index contributed by atoms with van der Waals surface area (Å²) in [5.74, 6) is 1.38. The van der Waals surface area contributed by atoms with E-state index in [9.17, 15) is 13.2 Å². The molecule has 0 aliphatic heterocycles. The van der Waals surface area contributed by atoms with Crippen LogP contribution in [0.2, 0.25) is 0 Å². The summed E-state index contributed by atoms with van der Waals surface area (Å²) in [6.45, 7) is 1.68. The van der Waals surface area contributed by atoms with Gasteiger partial charge in [-0.05, 0) is 13.0 Å². The number of nitrogens with zero attached hydrogens (tertiary/aromatic N) is 3. The molecule has 3 rings (SSSR count). The summed E-state index contributed by atoms with van der Waals surface area (Å²) in [5.41, 5.74) is 0.114. The van der Waals surface area contributed by atoms with Crippen molar-refractivity contribution in [2.24, 2.45) is 7.05 Å². The average molecular weight is 378 g/mol. The Hall–Kier alpha value is -3.01. The van der Waals surface area contributed by atoms with Crippen molar-refractivity contribution in [3.63, 3.8) is 0 Å². The third-order valence-electron chi connectivity index (χ3n) is 3.87. The van der Waals surface area contributed by atoms with Crippen molar-refractivity contribution < 1.29 is 17.9 Å². The van der Waals surface area contributed by atoms with Crippen molar-refractivity contribution in [1.29, 1.82) is 0 Å². The van der Waals surface area contributed by atoms with Gasteiger partial charge in [-0.25, -0.2) is 13.1 Å². The number of aryl methyl sites for hydroxylation is 2. The molecular formula is C16H18N4O5S. The predicted octanol–water partition coefficient (Wildman–Crippen LogP) is 1.16. The molecule has 1 aromatic carbocycles. The SMILES string of the molecule is COc1cc(NS(=O)(=O)c2cc3c(=O)n(C)nc(C)n3c2)cc(OC)c1. The van der Waals surface area contributed by atoms with Crippen molar-refractivity contribution in [3.05, 3.63) is 46.6 Å². The van der Waals surface area contributed by atoms with Gasteiger partial charge in [0.15, 0.2) is 0 Å². The van der Waals surface area contributed by atoms with Gasteiger partial charge in [-0.2, -0.15) is 5.10 Å². The number of hydrogen-bond acceptors (Lipinski definition) is 6. The fourth-order valence-electron chi connectivity index (χ4n) is 2.57. The number of ether oxygens (including phenoxy) is 2. The molecule has 0 saturated heterocycles. The molecule has 0 aliphatic rings. The normalized spacial score (nSPS) is 11.5. The predicted molar refractivity (Wildman–Crippen MR) is 95.5 cm³/mol. The first-order valence-corrected chi connectivity index (χ1v) is 9.05. The van der Waals surface area contributed by atoms with E-state index in [1.165, 1.54) is 54.7 Å². The van der Waals surface area contributed by atoms with Crippen LogP contribution in [0.15, 0.2) is 40.2 Å². The molecule has 10 heteroatoms. The van der Waals surface area contributed by atoms with E-state index < -0.39 is 10.0 Å². The quantitative estimate of drug-likeness (QED) is 0.714. The van der Waals surface area contributed by atoms with Crippen molar-refractivity contribution >= 4 is 21.2 Å². The van der Waals surface area contributed by atoms with Crippen LogP contribution in [-0.4, -0.2) is 36.8 Å². The molecule has 9 nitrogen and oxygen atoms in total. The third kappa shape index (κ3) is 3.10. The van der Waals surface area contributed by atoms with Crippen molar-refractivity contribution in [1.82, 2.24) is 14.2 Å². The van der Waals surface area contributed by atoms with Crippen LogP contribution < -0.4 is 19.8 Å². The fraction of sp³-hybridized carbons (Fsp3) is 0.250. The number of sulfonamides is 1. The van der Waals surface area contributed by atoms with E-state index in [1.807, 2.05) is 0 Å². The van der Waals surface area contributed by atoms with Crippen LogP contribution in [0.4, 0.5) is 5.69 Å². The van der Waals surface area contributed by atoms with Crippen LogP contribution in [0.3, 0.4) is 0 Å². The Kier molecular flexibility index (Phi) is 4.36. The Morgan fingerprint density at radius 3 is 2.27 bits per heavy atom. The minimum absolute atomic E-state index is 0.0486. The molecule has 2 heterocycles. The van der Waals surface area contributed by atoms with E-state index in [1.54, 1.807) is 13.0 Å². The Morgan fingerprint density at radius 2 is 1.69 bits per heavy atom. The Morgan fingerprint density at radius 1 is 1.08 bits per heavy atom. The van der Waals surface area contributed by atoms with Gasteiger partial charge in [-0.3, -0.25) is 13.9 Å². The summed E-state index contributed by atoms with van der Waals surface area (Å²) in [7, 11) is 0.525. The van der Waals surface area contributed by atoms with E-state index in [0.29, 0.717) is 17.3 Å². The van der Waals surface area contributed by atoms with E-state index in [4.69, 9.17) is 9.47 Å². The van der Waals surface area contributed by atoms with Crippen molar-refractivity contribution in [3.8, 4) is 11.5 Å². The summed E-state index contributed by atoms with van der Waals surface area (Å²) >= 11 is 0. The maximum Gasteiger partial charge on any atom is 0.290 e. The van der Waals surface area contributed by atoms with Crippen molar-refractivity contribution in [2.75, 3.05) is 18.9 Å². The molecule has 26 heavy (non-hydrogen) atoms. The molecule has 0 radical (unpaired) electrons. The minimum Gasteiger partial charge on any atom is -0.497 e. The molecule has 0 atom stereocenters. The van der Waals surface area contributed by atoms with Gasteiger partial charge < -0.3 is 9.47 Å². The van der Waals surface area contributed by atoms with Crippen LogP contribution in [0, 0.1) is 6.92 Å². The van der Waals surface area contributed by atoms with Gasteiger partial charge in [-0.1, -0.05) is 0 Å². The number of benzene rings is 1. The lowest BCUT2D eigenvalue weighted by Gasteiger charge is -2.10. The molecule has 0 amide bonds. The lowest BCUT2D eigenvalue weighted by Crippen LogP contribution is -2.22. The second kappa shape index (κ2) is 6.37. The lowest BCUT2D eigenvalue weighted by atomic mass is 10.3. The van der Waals surface area contributed by atoms with E-state index >= 15 is 0 Å². The highest BCUT2D eigenvalue weighted by atomic mass is 32.2. The Labute approximate surface area is 149 Å². The third-order valence-corrected chi connectivity index (χ3v) is 5.21. The topological polar surface area (TPSA) is 104 Å². The molecule has 0 unspecified atom stereocenters. The first-order chi connectivity index (χ1) is 12.2. The molecule has 0 bridgehead atoms. The zero-order valence-electron chi connectivity index (χ0n) is 14.7. The molecule has 1 N–H and O–H groups in total. The zero-order chi connectivity index (χ0) is 19.1. The summed E-state index contributed by atoms with van der Waals surface area (Å²) in [6, 6.07) is 6.00. The number of hydrogen-bond donors (Lipinski definition) is 1. The van der Waals surface area contributed by atoms with Gasteiger partial charge >= 0.3 is 0 Å². The molecule has 0 fully saturated rings. The molecular weight excluding hydrogens is 360 g/mol. The second-order valence-corrected chi connectivity index (χ2v) is 7.30. The van der Waals surface area contributed by atoms with Crippen molar-refractivity contribution in [2.45, 2.75) is 11.8 Å². The first-order valence-electron chi connectivity index (χ1n) is 7.57. The van der Waals surface area contributed by atoms with Gasteiger partial charge in [0.1, 0.15) is 27.7 Å². The van der Waals surface area contributed by atoms with E-state index in [2.05, 4.69) is 9.82 Å². The number of rotatable bonds is 5. The molecule has 0 saturated carbocycles. The highest BCUT2D eigenvalue weighted by Crippen LogP contribution is 2.27. The van der Waals surface area contributed by atoms with Gasteiger partial charge in [0.2, 0.25) is 0 Å². The fourth-order valence-corrected chi connectivity index (χ4v) is 3.63. The zero-order valence-corrected chi connectivity index (χ0v) is 15.5.